The first-order valence-electron chi connectivity index (χ1n) is 44.1. The summed E-state index contributed by atoms with van der Waals surface area (Å²) in [4.78, 5) is 15.1. The lowest BCUT2D eigenvalue weighted by molar-refractivity contribution is 1.28. The molecule has 0 spiro atoms. The van der Waals surface area contributed by atoms with Crippen LogP contribution in [-0.2, 0) is 0 Å². The van der Waals surface area contributed by atoms with E-state index in [0.29, 0.717) is 0 Å². The zero-order valence-corrected chi connectivity index (χ0v) is 72.0. The molecule has 4 nitrogen and oxygen atoms in total. The van der Waals surface area contributed by atoms with Gasteiger partial charge in [0.05, 0.1) is 22.4 Å². The van der Waals surface area contributed by atoms with Crippen molar-refractivity contribution in [3.8, 4) is 67.0 Å². The SMILES string of the molecule is c1ccc(-c2ccc(N(c3ccc(-c4ccccc4)cc3)c3ccc(-c4cc5ccc6cccc7c8cccc9sc4c(c98)c5c67)cc3)cc2)cc1.c1ccc(-c2nc3ccccc3nc2-c2cc3ccc4cccc5c6cccc7sc2c(c76)c3c45)cc1.c1ccc(N(c2ccccc2)c2ccc(-c3cc4ccc5cccc6c7cccc8sc3c(c87)c4c56)cc2)cc1. The van der Waals surface area contributed by atoms with E-state index in [0.717, 1.165) is 67.7 Å². The third-order valence-electron chi connectivity index (χ3n) is 26.9. The molecule has 29 aromatic rings. The smallest absolute Gasteiger partial charge is 0.0987 e. The number of rotatable bonds is 12. The largest absolute Gasteiger partial charge is 0.311 e. The molecule has 0 fully saturated rings. The minimum atomic E-state index is 0.914. The minimum Gasteiger partial charge on any atom is -0.311 e. The van der Waals surface area contributed by atoms with Gasteiger partial charge < -0.3 is 9.80 Å². The van der Waals surface area contributed by atoms with E-state index in [-0.39, 0.29) is 0 Å². The first kappa shape index (κ1) is 73.4. The summed E-state index contributed by atoms with van der Waals surface area (Å²) < 4.78 is 8.08. The van der Waals surface area contributed by atoms with Crippen molar-refractivity contribution >= 4 is 237 Å². The molecule has 0 unspecified atom stereocenters. The van der Waals surface area contributed by atoms with Gasteiger partial charge >= 0.3 is 0 Å². The molecule has 0 bridgehead atoms. The Bertz CT molecular complexity index is 9200. The van der Waals surface area contributed by atoms with Crippen LogP contribution in [0.15, 0.2) is 437 Å². The molecule has 7 heteroatoms. The monoisotopic (exact) mass is 1690 g/mol. The maximum absolute atomic E-state index is 5.27. The highest BCUT2D eigenvalue weighted by atomic mass is 32.1. The zero-order valence-electron chi connectivity index (χ0n) is 69.6. The summed E-state index contributed by atoms with van der Waals surface area (Å²) in [5.74, 6) is 0. The summed E-state index contributed by atoms with van der Waals surface area (Å²) in [5, 5.41) is 32.6. The molecule has 0 saturated carbocycles. The lowest BCUT2D eigenvalue weighted by Crippen LogP contribution is -2.09. The van der Waals surface area contributed by atoms with Crippen LogP contribution in [0.4, 0.5) is 34.1 Å². The van der Waals surface area contributed by atoms with E-state index in [9.17, 15) is 0 Å². The highest BCUT2D eigenvalue weighted by molar-refractivity contribution is 7.27. The number of fused-ring (bicyclic) bond motifs is 4. The summed E-state index contributed by atoms with van der Waals surface area (Å²) in [5.41, 5.74) is 22.7. The Morgan fingerprint density at radius 3 is 0.783 bits per heavy atom. The Balaban J connectivity index is 0.000000102. The molecule has 0 radical (unpaired) electrons. The van der Waals surface area contributed by atoms with Gasteiger partial charge in [0.15, 0.2) is 0 Å². The number of anilines is 6. The molecule has 0 N–H and O–H groups in total. The Hall–Kier alpha value is -16.0. The third kappa shape index (κ3) is 11.6. The van der Waals surface area contributed by atoms with Crippen molar-refractivity contribution in [1.82, 2.24) is 9.97 Å². The maximum Gasteiger partial charge on any atom is 0.0987 e. The minimum absolute atomic E-state index is 0.914. The highest BCUT2D eigenvalue weighted by Crippen LogP contribution is 2.57. The average Bonchev–Trinajstić information content (AvgIpc) is 1.65. The van der Waals surface area contributed by atoms with Gasteiger partial charge in [-0.15, -0.1) is 34.0 Å². The number of hydrogen-bond acceptors (Lipinski definition) is 7. The Morgan fingerprint density at radius 2 is 0.426 bits per heavy atom. The zero-order chi connectivity index (χ0) is 84.5. The lowest BCUT2D eigenvalue weighted by atomic mass is 9.87. The molecule has 25 aromatic carbocycles. The summed E-state index contributed by atoms with van der Waals surface area (Å²) >= 11 is 5.74. The first-order chi connectivity index (χ1) is 64.0. The summed E-state index contributed by atoms with van der Waals surface area (Å²) in [6, 6.07) is 159. The van der Waals surface area contributed by atoms with Crippen molar-refractivity contribution in [3.63, 3.8) is 0 Å². The van der Waals surface area contributed by atoms with Crippen molar-refractivity contribution in [2.75, 3.05) is 9.80 Å². The topological polar surface area (TPSA) is 32.3 Å². The molecule has 0 aliphatic carbocycles. The quantitative estimate of drug-likeness (QED) is 0.0901. The van der Waals surface area contributed by atoms with Crippen LogP contribution in [0.5, 0.6) is 0 Å². The van der Waals surface area contributed by atoms with E-state index in [2.05, 4.69) is 422 Å². The summed E-state index contributed by atoms with van der Waals surface area (Å²) in [7, 11) is 0. The van der Waals surface area contributed by atoms with Crippen molar-refractivity contribution in [3.05, 3.63) is 437 Å². The van der Waals surface area contributed by atoms with E-state index in [1.807, 2.05) is 58.3 Å². The van der Waals surface area contributed by atoms with Gasteiger partial charge in [-0.25, -0.2) is 9.97 Å². The molecule has 0 amide bonds. The molecular weight excluding hydrogens is 1620 g/mol. The molecule has 0 aliphatic rings. The number of hydrogen-bond donors (Lipinski definition) is 0. The van der Waals surface area contributed by atoms with Crippen molar-refractivity contribution in [2.24, 2.45) is 0 Å². The third-order valence-corrected chi connectivity index (χ3v) is 30.4. The number of thiophene rings is 3. The molecule has 0 aliphatic heterocycles. The second kappa shape index (κ2) is 29.3. The summed E-state index contributed by atoms with van der Waals surface area (Å²) in [6.45, 7) is 0. The molecular formula is C122H72N4S3. The number of aromatic nitrogens is 2. The van der Waals surface area contributed by atoms with Crippen molar-refractivity contribution in [2.45, 2.75) is 0 Å². The average molecular weight is 1690 g/mol. The highest BCUT2D eigenvalue weighted by Gasteiger charge is 2.29. The van der Waals surface area contributed by atoms with Crippen LogP contribution in [0.2, 0.25) is 0 Å². The number of nitrogens with zero attached hydrogens (tertiary/aromatic N) is 4. The Labute approximate surface area is 754 Å². The lowest BCUT2D eigenvalue weighted by Gasteiger charge is -2.26. The Morgan fingerprint density at radius 1 is 0.163 bits per heavy atom. The van der Waals surface area contributed by atoms with E-state index in [1.165, 1.54) is 202 Å². The first-order valence-corrected chi connectivity index (χ1v) is 46.5. The fraction of sp³-hybridized carbons (Fsp3) is 0. The van der Waals surface area contributed by atoms with Crippen LogP contribution in [-0.4, -0.2) is 9.97 Å². The van der Waals surface area contributed by atoms with Gasteiger partial charge in [0.1, 0.15) is 0 Å². The second-order valence-corrected chi connectivity index (χ2v) is 37.1. The molecule has 29 rings (SSSR count). The van der Waals surface area contributed by atoms with E-state index in [1.54, 1.807) is 0 Å². The van der Waals surface area contributed by atoms with Crippen molar-refractivity contribution in [1.29, 1.82) is 0 Å². The van der Waals surface area contributed by atoms with E-state index in [4.69, 9.17) is 9.97 Å². The predicted molar refractivity (Wildman–Crippen MR) is 558 cm³/mol. The second-order valence-electron chi connectivity index (χ2n) is 34.0. The van der Waals surface area contributed by atoms with Crippen LogP contribution in [0, 0.1) is 0 Å². The van der Waals surface area contributed by atoms with Crippen LogP contribution in [0.3, 0.4) is 0 Å². The predicted octanol–water partition coefficient (Wildman–Crippen LogP) is 36.1. The summed E-state index contributed by atoms with van der Waals surface area (Å²) in [6.07, 6.45) is 0. The number of para-hydroxylation sites is 4. The molecule has 598 valence electrons. The van der Waals surface area contributed by atoms with Gasteiger partial charge in [0.25, 0.3) is 0 Å². The van der Waals surface area contributed by atoms with Crippen LogP contribution in [0.1, 0.15) is 0 Å². The fourth-order valence-electron chi connectivity index (χ4n) is 21.2. The molecule has 129 heavy (non-hydrogen) atoms. The molecule has 0 saturated heterocycles. The van der Waals surface area contributed by atoms with E-state index < -0.39 is 0 Å². The molecule has 0 atom stereocenters. The van der Waals surface area contributed by atoms with Gasteiger partial charge in [-0.1, -0.05) is 315 Å². The standard InChI is InChI=1S/C50H31NS.C38H23NS.C34H18N2S/c1-3-9-32(10-4-1)34-19-25-39(26-20-34)51(40-27-21-35(22-28-40)33-11-5-2-6-12-33)41-29-23-36(24-30-41)44-31-38-18-17-37-13-7-14-42-43-15-8-16-45-48(43)49(50(44)52-45)47(38)46(37)42;1-3-10-27(11-4-1)39(28-12-5-2-6-13-28)29-21-19-24(20-22-29)32-23-26-18-17-25-9-7-14-30-31-15-8-16-33-36(31)37(38(32)40-33)35(26)34(25)30;1-2-8-20(9-3-1)32-33(36-26-14-5-4-13-25(26)35-32)24-18-21-17-16-19-10-6-11-22-23-12-7-15-27-30(23)31(34(24)37-27)29(21)28(19)22/h1-31H;1-23H;1-18H. The Kier molecular flexibility index (Phi) is 16.7. The van der Waals surface area contributed by atoms with Gasteiger partial charge in [0.2, 0.25) is 0 Å². The van der Waals surface area contributed by atoms with Gasteiger partial charge in [-0.2, -0.15) is 0 Å². The number of benzene rings is 25. The molecule has 4 heterocycles. The molecule has 4 aromatic heterocycles. The maximum atomic E-state index is 5.27. The van der Waals surface area contributed by atoms with Gasteiger partial charge in [0, 0.05) is 117 Å². The van der Waals surface area contributed by atoms with Crippen LogP contribution in [0.25, 0.3) is 236 Å². The van der Waals surface area contributed by atoms with E-state index >= 15 is 0 Å². The van der Waals surface area contributed by atoms with Gasteiger partial charge in [-0.3, -0.25) is 0 Å². The van der Waals surface area contributed by atoms with Gasteiger partial charge in [-0.05, 0) is 252 Å². The van der Waals surface area contributed by atoms with Crippen molar-refractivity contribution < 1.29 is 0 Å². The normalized spacial score (nSPS) is 12.0. The van der Waals surface area contributed by atoms with Crippen LogP contribution >= 0.6 is 34.0 Å². The van der Waals surface area contributed by atoms with Crippen LogP contribution < -0.4 is 9.80 Å². The fourth-order valence-corrected chi connectivity index (χ4v) is 25.0.